The summed E-state index contributed by atoms with van der Waals surface area (Å²) in [5.41, 5.74) is 0.245. The molecule has 210 valence electrons. The average Bonchev–Trinajstić information content (AvgIpc) is 2.92. The molecule has 3 N–H and O–H groups in total. The van der Waals surface area contributed by atoms with Crippen LogP contribution in [0.5, 0.6) is 11.5 Å². The summed E-state index contributed by atoms with van der Waals surface area (Å²) >= 11 is 5.88. The van der Waals surface area contributed by atoms with Gasteiger partial charge < -0.3 is 30.3 Å². The molecule has 10 nitrogen and oxygen atoms in total. The minimum atomic E-state index is -1.01. The van der Waals surface area contributed by atoms with E-state index in [9.17, 15) is 19.2 Å². The Morgan fingerprint density at radius 1 is 1.13 bits per heavy atom. The molecule has 0 saturated heterocycles. The van der Waals surface area contributed by atoms with E-state index in [1.54, 1.807) is 55.6 Å². The zero-order valence-electron chi connectivity index (χ0n) is 22.4. The van der Waals surface area contributed by atoms with Gasteiger partial charge in [-0.1, -0.05) is 37.6 Å². The van der Waals surface area contributed by atoms with Gasteiger partial charge in [-0.2, -0.15) is 0 Å². The number of rotatable bonds is 6. The second-order valence-electron chi connectivity index (χ2n) is 9.55. The number of carbonyl (C=O) groups excluding carboxylic acids is 4. The van der Waals surface area contributed by atoms with Crippen molar-refractivity contribution < 1.29 is 28.7 Å². The molecule has 4 amide bonds. The monoisotopic (exact) mass is 558 g/mol. The lowest BCUT2D eigenvalue weighted by Crippen LogP contribution is -2.51. The second kappa shape index (κ2) is 14.4. The highest BCUT2D eigenvalue weighted by molar-refractivity contribution is 6.30. The number of ether oxygens (including phenoxy) is 2. The number of likely N-dealkylation sites (N-methyl/N-ethyl adjacent to an activating group) is 1. The summed E-state index contributed by atoms with van der Waals surface area (Å²) in [6.45, 7) is 4.47. The van der Waals surface area contributed by atoms with E-state index in [1.807, 2.05) is 13.8 Å². The van der Waals surface area contributed by atoms with Gasteiger partial charge >= 0.3 is 0 Å². The summed E-state index contributed by atoms with van der Waals surface area (Å²) in [5.74, 6) is -0.826. The van der Waals surface area contributed by atoms with Crippen LogP contribution in [0.25, 0.3) is 0 Å². The van der Waals surface area contributed by atoms with Crippen molar-refractivity contribution in [1.82, 2.24) is 20.9 Å². The molecule has 0 radical (unpaired) electrons. The molecular weight excluding hydrogens is 524 g/mol. The smallest absolute Gasteiger partial charge is 0.255 e. The molecular formula is C28H35ClN4O6. The molecule has 2 aromatic rings. The highest BCUT2D eigenvalue weighted by Gasteiger charge is 2.29. The van der Waals surface area contributed by atoms with E-state index >= 15 is 0 Å². The molecule has 0 spiro atoms. The number of carbonyl (C=O) groups is 4. The van der Waals surface area contributed by atoms with Gasteiger partial charge in [0.25, 0.3) is 5.91 Å². The Hall–Kier alpha value is -3.79. The van der Waals surface area contributed by atoms with Gasteiger partial charge in [0.2, 0.25) is 17.7 Å². The molecule has 3 rings (SSSR count). The van der Waals surface area contributed by atoms with Crippen LogP contribution in [0.15, 0.2) is 48.5 Å². The first-order valence-electron chi connectivity index (χ1n) is 12.9. The minimum Gasteiger partial charge on any atom is -0.492 e. The van der Waals surface area contributed by atoms with Crippen LogP contribution in [0.2, 0.25) is 5.02 Å². The van der Waals surface area contributed by atoms with E-state index in [-0.39, 0.29) is 62.4 Å². The van der Waals surface area contributed by atoms with Crippen molar-refractivity contribution in [1.29, 1.82) is 0 Å². The van der Waals surface area contributed by atoms with E-state index in [2.05, 4.69) is 16.0 Å². The zero-order chi connectivity index (χ0) is 28.4. The van der Waals surface area contributed by atoms with Crippen molar-refractivity contribution in [3.8, 4) is 11.5 Å². The molecule has 2 aromatic carbocycles. The molecule has 1 heterocycles. The Morgan fingerprint density at radius 3 is 2.56 bits per heavy atom. The van der Waals surface area contributed by atoms with Crippen LogP contribution in [0.3, 0.4) is 0 Å². The standard InChI is InChI=1S/C28H35ClN4O6/c1-18(2)25-28(37)33(3)15-17-39-23-7-5-4-6-21(23)26(35)31-22(12-13-24(34)32-25)27(36)30-14-16-38-20-10-8-19(29)9-11-20/h4-11,18,22,25H,12-17H2,1-3H3,(H,30,36)(H,31,35)(H,32,34)/t22-,25+/m0/s1. The fourth-order valence-corrected chi connectivity index (χ4v) is 4.08. The third-order valence-electron chi connectivity index (χ3n) is 6.21. The number of para-hydroxylation sites is 1. The molecule has 0 aliphatic carbocycles. The first kappa shape index (κ1) is 29.8. The Balaban J connectivity index is 1.74. The zero-order valence-corrected chi connectivity index (χ0v) is 23.1. The highest BCUT2D eigenvalue weighted by atomic mass is 35.5. The first-order chi connectivity index (χ1) is 18.7. The third kappa shape index (κ3) is 8.88. The Labute approximate surface area is 233 Å². The number of nitrogens with zero attached hydrogens (tertiary/aromatic N) is 1. The van der Waals surface area contributed by atoms with Gasteiger partial charge in [-0.15, -0.1) is 0 Å². The van der Waals surface area contributed by atoms with Crippen LogP contribution < -0.4 is 25.4 Å². The van der Waals surface area contributed by atoms with Crippen LogP contribution in [-0.2, 0) is 14.4 Å². The quantitative estimate of drug-likeness (QED) is 0.467. The molecule has 11 heteroatoms. The number of halogens is 1. The maximum Gasteiger partial charge on any atom is 0.255 e. The lowest BCUT2D eigenvalue weighted by molar-refractivity contribution is -0.137. The molecule has 2 atom stereocenters. The molecule has 0 unspecified atom stereocenters. The van der Waals surface area contributed by atoms with Crippen LogP contribution in [0, 0.1) is 5.92 Å². The minimum absolute atomic E-state index is 0.0271. The normalized spacial score (nSPS) is 19.1. The first-order valence-corrected chi connectivity index (χ1v) is 13.3. The van der Waals surface area contributed by atoms with Gasteiger partial charge in [0, 0.05) is 18.5 Å². The summed E-state index contributed by atoms with van der Waals surface area (Å²) in [6, 6.07) is 11.8. The maximum absolute atomic E-state index is 13.2. The number of benzene rings is 2. The van der Waals surface area contributed by atoms with Gasteiger partial charge in [0.15, 0.2) is 0 Å². The second-order valence-corrected chi connectivity index (χ2v) is 9.99. The number of hydrogen-bond donors (Lipinski definition) is 3. The summed E-state index contributed by atoms with van der Waals surface area (Å²) in [5, 5.41) is 8.85. The Kier molecular flexibility index (Phi) is 11.0. The van der Waals surface area contributed by atoms with Gasteiger partial charge in [-0.05, 0) is 48.7 Å². The Bertz CT molecular complexity index is 1160. The predicted molar refractivity (Wildman–Crippen MR) is 147 cm³/mol. The van der Waals surface area contributed by atoms with Crippen molar-refractivity contribution in [3.63, 3.8) is 0 Å². The van der Waals surface area contributed by atoms with E-state index in [0.29, 0.717) is 16.5 Å². The van der Waals surface area contributed by atoms with Gasteiger partial charge in [0.1, 0.15) is 36.8 Å². The molecule has 0 bridgehead atoms. The Morgan fingerprint density at radius 2 is 1.85 bits per heavy atom. The van der Waals surface area contributed by atoms with Crippen molar-refractivity contribution >= 4 is 35.2 Å². The lowest BCUT2D eigenvalue weighted by Gasteiger charge is -2.27. The van der Waals surface area contributed by atoms with Gasteiger partial charge in [-0.3, -0.25) is 19.2 Å². The van der Waals surface area contributed by atoms with Crippen molar-refractivity contribution in [2.45, 2.75) is 38.8 Å². The summed E-state index contributed by atoms with van der Waals surface area (Å²) in [6.07, 6.45) is -0.0443. The molecule has 1 aliphatic heterocycles. The fraction of sp³-hybridized carbons (Fsp3) is 0.429. The third-order valence-corrected chi connectivity index (χ3v) is 6.46. The lowest BCUT2D eigenvalue weighted by atomic mass is 10.0. The van der Waals surface area contributed by atoms with Gasteiger partial charge in [0.05, 0.1) is 18.7 Å². The van der Waals surface area contributed by atoms with Crippen LogP contribution in [0.1, 0.15) is 37.0 Å². The van der Waals surface area contributed by atoms with E-state index in [0.717, 1.165) is 0 Å². The topological polar surface area (TPSA) is 126 Å². The fourth-order valence-electron chi connectivity index (χ4n) is 3.96. The molecule has 1 aliphatic rings. The van der Waals surface area contributed by atoms with E-state index < -0.39 is 23.9 Å². The molecule has 0 aromatic heterocycles. The number of amides is 4. The van der Waals surface area contributed by atoms with Crippen LogP contribution in [-0.4, -0.2) is 74.0 Å². The maximum atomic E-state index is 13.2. The summed E-state index contributed by atoms with van der Waals surface area (Å²) in [7, 11) is 1.64. The number of fused-ring (bicyclic) bond motifs is 1. The predicted octanol–water partition coefficient (Wildman–Crippen LogP) is 2.41. The van der Waals surface area contributed by atoms with E-state index in [4.69, 9.17) is 21.1 Å². The largest absolute Gasteiger partial charge is 0.492 e. The summed E-state index contributed by atoms with van der Waals surface area (Å²) < 4.78 is 11.4. The summed E-state index contributed by atoms with van der Waals surface area (Å²) in [4.78, 5) is 53.5. The van der Waals surface area contributed by atoms with Crippen LogP contribution >= 0.6 is 11.6 Å². The molecule has 0 saturated carbocycles. The highest BCUT2D eigenvalue weighted by Crippen LogP contribution is 2.19. The molecule has 39 heavy (non-hydrogen) atoms. The number of hydrogen-bond acceptors (Lipinski definition) is 6. The number of nitrogens with one attached hydrogen (secondary N) is 3. The molecule has 0 fully saturated rings. The van der Waals surface area contributed by atoms with E-state index in [1.165, 1.54) is 4.90 Å². The van der Waals surface area contributed by atoms with Gasteiger partial charge in [-0.25, -0.2) is 0 Å². The van der Waals surface area contributed by atoms with Crippen molar-refractivity contribution in [2.75, 3.05) is 33.4 Å². The van der Waals surface area contributed by atoms with Crippen molar-refractivity contribution in [2.24, 2.45) is 5.92 Å². The van der Waals surface area contributed by atoms with Crippen LogP contribution in [0.4, 0.5) is 0 Å². The average molecular weight is 559 g/mol. The van der Waals surface area contributed by atoms with Crippen molar-refractivity contribution in [3.05, 3.63) is 59.1 Å². The SMILES string of the molecule is CC(C)[C@H]1NC(=O)CC[C@@H](C(=O)NCCOc2ccc(Cl)cc2)NC(=O)c2ccccc2OCCN(C)C1=O.